The van der Waals surface area contributed by atoms with Gasteiger partial charge in [0.15, 0.2) is 0 Å². The highest BCUT2D eigenvalue weighted by Crippen LogP contribution is 2.24. The Hall–Kier alpha value is -2.78. The Labute approximate surface area is 222 Å². The van der Waals surface area contributed by atoms with E-state index in [4.69, 9.17) is 4.74 Å². The highest BCUT2D eigenvalue weighted by molar-refractivity contribution is 7.92. The molecule has 0 radical (unpaired) electrons. The lowest BCUT2D eigenvalue weighted by molar-refractivity contribution is 0.164. The predicted octanol–water partition coefficient (Wildman–Crippen LogP) is 5.28. The third-order valence-electron chi connectivity index (χ3n) is 6.29. The van der Waals surface area contributed by atoms with Crippen molar-refractivity contribution in [3.63, 3.8) is 0 Å². The predicted molar refractivity (Wildman–Crippen MR) is 150 cm³/mol. The molecule has 9 heteroatoms. The molecule has 0 spiro atoms. The van der Waals surface area contributed by atoms with Crippen LogP contribution in [0.2, 0.25) is 0 Å². The molecule has 1 aliphatic heterocycles. The van der Waals surface area contributed by atoms with Crippen molar-refractivity contribution in [3.05, 3.63) is 54.1 Å². The van der Waals surface area contributed by atoms with E-state index < -0.39 is 10.0 Å². The average molecular weight is 531 g/mol. The van der Waals surface area contributed by atoms with Gasteiger partial charge >= 0.3 is 6.03 Å². The first-order chi connectivity index (χ1) is 17.6. The number of carbonyl (C=O) groups is 1. The summed E-state index contributed by atoms with van der Waals surface area (Å²) in [7, 11) is -3.30. The SMILES string of the molecule is CCCCN(CC(C)C)C(=O)NC1CCN(Cc2ccc(Oc3ccc(NS(C)(=O)=O)cc3)cc2)CC1. The molecule has 1 fully saturated rings. The molecule has 0 aliphatic carbocycles. The van der Waals surface area contributed by atoms with E-state index in [-0.39, 0.29) is 12.1 Å². The van der Waals surface area contributed by atoms with Gasteiger partial charge in [0.2, 0.25) is 10.0 Å². The van der Waals surface area contributed by atoms with E-state index in [9.17, 15) is 13.2 Å². The molecule has 1 heterocycles. The number of hydrogen-bond donors (Lipinski definition) is 2. The topological polar surface area (TPSA) is 91.0 Å². The minimum absolute atomic E-state index is 0.0810. The van der Waals surface area contributed by atoms with Gasteiger partial charge in [-0.1, -0.05) is 39.3 Å². The van der Waals surface area contributed by atoms with Gasteiger partial charge in [-0.25, -0.2) is 13.2 Å². The third kappa shape index (κ3) is 10.2. The van der Waals surface area contributed by atoms with E-state index in [1.165, 1.54) is 5.56 Å². The highest BCUT2D eigenvalue weighted by atomic mass is 32.2. The monoisotopic (exact) mass is 530 g/mol. The molecule has 1 aliphatic rings. The maximum absolute atomic E-state index is 12.8. The van der Waals surface area contributed by atoms with Crippen LogP contribution in [-0.2, 0) is 16.6 Å². The zero-order valence-corrected chi connectivity index (χ0v) is 23.4. The zero-order chi connectivity index (χ0) is 26.8. The van der Waals surface area contributed by atoms with Crippen LogP contribution < -0.4 is 14.8 Å². The van der Waals surface area contributed by atoms with Crippen LogP contribution in [0.1, 0.15) is 52.0 Å². The molecule has 0 atom stereocenters. The van der Waals surface area contributed by atoms with Gasteiger partial charge in [0.1, 0.15) is 11.5 Å². The number of rotatable bonds is 12. The summed E-state index contributed by atoms with van der Waals surface area (Å²) >= 11 is 0. The van der Waals surface area contributed by atoms with Crippen LogP contribution in [0.3, 0.4) is 0 Å². The standard InChI is InChI=1S/C28H42N4O4S/c1-5-6-17-32(20-22(2)3)28(33)29-24-15-18-31(19-16-24)21-23-7-11-26(12-8-23)36-27-13-9-25(10-14-27)30-37(4,34)35/h7-14,22,24,30H,5-6,15-21H2,1-4H3,(H,29,33). The van der Waals surface area contributed by atoms with Crippen LogP contribution in [0.5, 0.6) is 11.5 Å². The Morgan fingerprint density at radius 3 is 2.19 bits per heavy atom. The number of unbranched alkanes of at least 4 members (excludes halogenated alkanes) is 1. The molecular formula is C28H42N4O4S. The summed E-state index contributed by atoms with van der Waals surface area (Å²) in [5.41, 5.74) is 1.71. The molecule has 204 valence electrons. The number of urea groups is 1. The van der Waals surface area contributed by atoms with Gasteiger partial charge in [0.25, 0.3) is 0 Å². The van der Waals surface area contributed by atoms with Crippen molar-refractivity contribution in [3.8, 4) is 11.5 Å². The van der Waals surface area contributed by atoms with Crippen molar-refractivity contribution in [2.45, 2.75) is 59.0 Å². The number of carbonyl (C=O) groups excluding carboxylic acids is 1. The number of anilines is 1. The first-order valence-electron chi connectivity index (χ1n) is 13.2. The number of piperidine rings is 1. The average Bonchev–Trinajstić information content (AvgIpc) is 2.84. The molecule has 37 heavy (non-hydrogen) atoms. The van der Waals surface area contributed by atoms with E-state index in [0.717, 1.165) is 70.4 Å². The summed E-state index contributed by atoms with van der Waals surface area (Å²) in [6, 6.07) is 15.2. The largest absolute Gasteiger partial charge is 0.457 e. The Balaban J connectivity index is 1.43. The fourth-order valence-corrected chi connectivity index (χ4v) is 4.99. The quantitative estimate of drug-likeness (QED) is 0.390. The molecule has 8 nitrogen and oxygen atoms in total. The van der Waals surface area contributed by atoms with E-state index in [2.05, 4.69) is 47.8 Å². The Morgan fingerprint density at radius 2 is 1.65 bits per heavy atom. The van der Waals surface area contributed by atoms with Gasteiger partial charge in [-0.05, 0) is 67.1 Å². The summed E-state index contributed by atoms with van der Waals surface area (Å²) in [6.45, 7) is 10.9. The number of benzene rings is 2. The molecule has 0 aromatic heterocycles. The van der Waals surface area contributed by atoms with Crippen molar-refractivity contribution in [1.82, 2.24) is 15.1 Å². The molecule has 0 unspecified atom stereocenters. The van der Waals surface area contributed by atoms with Gasteiger partial charge in [-0.3, -0.25) is 9.62 Å². The second-order valence-electron chi connectivity index (χ2n) is 10.3. The van der Waals surface area contributed by atoms with Crippen LogP contribution in [0, 0.1) is 5.92 Å². The second-order valence-corrected chi connectivity index (χ2v) is 12.1. The number of nitrogens with zero attached hydrogens (tertiary/aromatic N) is 2. The highest BCUT2D eigenvalue weighted by Gasteiger charge is 2.23. The summed E-state index contributed by atoms with van der Waals surface area (Å²) in [4.78, 5) is 17.2. The molecule has 2 amide bonds. The number of hydrogen-bond acceptors (Lipinski definition) is 5. The van der Waals surface area contributed by atoms with E-state index >= 15 is 0 Å². The maximum Gasteiger partial charge on any atom is 0.317 e. The Bertz CT molecular complexity index is 1080. The second kappa shape index (κ2) is 13.7. The molecule has 0 saturated carbocycles. The molecular weight excluding hydrogens is 488 g/mol. The summed E-state index contributed by atoms with van der Waals surface area (Å²) in [6.07, 6.45) is 5.17. The summed E-state index contributed by atoms with van der Waals surface area (Å²) in [5, 5.41) is 3.27. The van der Waals surface area contributed by atoms with E-state index in [1.807, 2.05) is 17.0 Å². The van der Waals surface area contributed by atoms with Gasteiger partial charge in [0, 0.05) is 44.5 Å². The lowest BCUT2D eigenvalue weighted by Crippen LogP contribution is -2.50. The van der Waals surface area contributed by atoms with Gasteiger partial charge < -0.3 is 15.0 Å². The zero-order valence-electron chi connectivity index (χ0n) is 22.6. The number of likely N-dealkylation sites (tertiary alicyclic amines) is 1. The van der Waals surface area contributed by atoms with Crippen LogP contribution in [-0.4, -0.2) is 62.7 Å². The molecule has 2 aromatic rings. The van der Waals surface area contributed by atoms with Crippen LogP contribution in [0.25, 0.3) is 0 Å². The van der Waals surface area contributed by atoms with Gasteiger partial charge in [0.05, 0.1) is 6.26 Å². The minimum Gasteiger partial charge on any atom is -0.457 e. The first-order valence-corrected chi connectivity index (χ1v) is 15.1. The third-order valence-corrected chi connectivity index (χ3v) is 6.90. The van der Waals surface area contributed by atoms with Crippen molar-refractivity contribution < 1.29 is 17.9 Å². The summed E-state index contributed by atoms with van der Waals surface area (Å²) in [5.74, 6) is 1.83. The lowest BCUT2D eigenvalue weighted by Gasteiger charge is -2.34. The van der Waals surface area contributed by atoms with Crippen LogP contribution >= 0.6 is 0 Å². The van der Waals surface area contributed by atoms with Gasteiger partial charge in [-0.2, -0.15) is 0 Å². The minimum atomic E-state index is -3.30. The van der Waals surface area contributed by atoms with Crippen LogP contribution in [0.15, 0.2) is 48.5 Å². The number of nitrogens with one attached hydrogen (secondary N) is 2. The molecule has 0 bridgehead atoms. The van der Waals surface area contributed by atoms with Crippen molar-refractivity contribution in [1.29, 1.82) is 0 Å². The molecule has 2 N–H and O–H groups in total. The molecule has 3 rings (SSSR count). The van der Waals surface area contributed by atoms with Crippen LogP contribution in [0.4, 0.5) is 10.5 Å². The van der Waals surface area contributed by atoms with E-state index in [1.54, 1.807) is 24.3 Å². The fourth-order valence-electron chi connectivity index (χ4n) is 4.43. The number of ether oxygens (including phenoxy) is 1. The molecule has 2 aromatic carbocycles. The number of amides is 2. The summed E-state index contributed by atoms with van der Waals surface area (Å²) < 4.78 is 31.0. The normalized spacial score (nSPS) is 14.9. The number of sulfonamides is 1. The van der Waals surface area contributed by atoms with Crippen molar-refractivity contribution in [2.75, 3.05) is 37.2 Å². The van der Waals surface area contributed by atoms with E-state index in [0.29, 0.717) is 17.4 Å². The van der Waals surface area contributed by atoms with Gasteiger partial charge in [-0.15, -0.1) is 0 Å². The Kier molecular flexibility index (Phi) is 10.6. The Morgan fingerprint density at radius 1 is 1.05 bits per heavy atom. The van der Waals surface area contributed by atoms with Crippen molar-refractivity contribution >= 4 is 21.7 Å². The van der Waals surface area contributed by atoms with Crippen molar-refractivity contribution in [2.24, 2.45) is 5.92 Å². The maximum atomic E-state index is 12.8. The lowest BCUT2D eigenvalue weighted by atomic mass is 10.0. The smallest absolute Gasteiger partial charge is 0.317 e. The fraction of sp³-hybridized carbons (Fsp3) is 0.536. The molecule has 1 saturated heterocycles. The first kappa shape index (κ1) is 28.8.